The number of aryl methyl sites for hydroxylation is 1. The lowest BCUT2D eigenvalue weighted by molar-refractivity contribution is 0.394. The van der Waals surface area contributed by atoms with E-state index in [1.807, 2.05) is 12.1 Å². The predicted octanol–water partition coefficient (Wildman–Crippen LogP) is 5.15. The largest absolute Gasteiger partial charge is 0.334 e. The van der Waals surface area contributed by atoms with Crippen molar-refractivity contribution in [2.24, 2.45) is 0 Å². The highest BCUT2D eigenvalue weighted by Gasteiger charge is 2.15. The number of rotatable bonds is 8. The Hall–Kier alpha value is -2.47. The number of aromatic nitrogens is 2. The average molecular weight is 441 g/mol. The van der Waals surface area contributed by atoms with Gasteiger partial charge in [-0.05, 0) is 70.4 Å². The van der Waals surface area contributed by atoms with Gasteiger partial charge in [0.2, 0.25) is 0 Å². The van der Waals surface area contributed by atoms with Gasteiger partial charge in [0.25, 0.3) is 0 Å². The van der Waals surface area contributed by atoms with Crippen LogP contribution in [0.15, 0.2) is 54.6 Å². The Kier molecular flexibility index (Phi) is 7.65. The predicted molar refractivity (Wildman–Crippen MR) is 130 cm³/mol. The molecule has 2 aromatic heterocycles. The Morgan fingerprint density at radius 2 is 1.77 bits per heavy atom. The van der Waals surface area contributed by atoms with Gasteiger partial charge in [-0.1, -0.05) is 30.3 Å². The van der Waals surface area contributed by atoms with Gasteiger partial charge in [0.05, 0.1) is 16.9 Å². The Morgan fingerprint density at radius 1 is 1.03 bits per heavy atom. The lowest BCUT2D eigenvalue weighted by Crippen LogP contribution is -2.21. The van der Waals surface area contributed by atoms with Crippen molar-refractivity contribution < 1.29 is 4.39 Å². The summed E-state index contributed by atoms with van der Waals surface area (Å²) >= 11 is 0. The third-order valence-corrected chi connectivity index (χ3v) is 5.49. The minimum atomic E-state index is -0.207. The maximum absolute atomic E-state index is 13.3. The first-order chi connectivity index (χ1) is 14.5. The molecule has 0 bridgehead atoms. The first-order valence-corrected chi connectivity index (χ1v) is 10.5. The van der Waals surface area contributed by atoms with Crippen molar-refractivity contribution in [1.82, 2.24) is 19.8 Å². The van der Waals surface area contributed by atoms with Gasteiger partial charge >= 0.3 is 0 Å². The van der Waals surface area contributed by atoms with Crippen LogP contribution in [0.2, 0.25) is 0 Å². The summed E-state index contributed by atoms with van der Waals surface area (Å²) in [6.45, 7) is 5.59. The van der Waals surface area contributed by atoms with E-state index in [0.29, 0.717) is 6.54 Å². The van der Waals surface area contributed by atoms with Crippen LogP contribution < -0.4 is 5.32 Å². The first kappa shape index (κ1) is 23.2. The molecule has 4 nitrogen and oxygen atoms in total. The van der Waals surface area contributed by atoms with Crippen molar-refractivity contribution in [3.8, 4) is 0 Å². The van der Waals surface area contributed by atoms with Crippen LogP contribution in [0.3, 0.4) is 0 Å². The lowest BCUT2D eigenvalue weighted by atomic mass is 10.1. The molecule has 0 atom stereocenters. The number of nitrogens with one attached hydrogen (secondary N) is 1. The van der Waals surface area contributed by atoms with Crippen molar-refractivity contribution >= 4 is 34.2 Å². The van der Waals surface area contributed by atoms with Crippen LogP contribution >= 0.6 is 12.4 Å². The molecule has 0 saturated carbocycles. The molecule has 0 saturated heterocycles. The molecule has 0 aliphatic carbocycles. The van der Waals surface area contributed by atoms with Crippen molar-refractivity contribution in [2.75, 3.05) is 27.2 Å². The van der Waals surface area contributed by atoms with Crippen molar-refractivity contribution in [2.45, 2.75) is 26.4 Å². The molecule has 164 valence electrons. The van der Waals surface area contributed by atoms with Gasteiger partial charge in [0.15, 0.2) is 0 Å². The van der Waals surface area contributed by atoms with E-state index in [9.17, 15) is 4.39 Å². The molecule has 0 fully saturated rings. The summed E-state index contributed by atoms with van der Waals surface area (Å²) < 4.78 is 15.6. The Bertz CT molecular complexity index is 1150. The molecular formula is C25H30ClFN4. The van der Waals surface area contributed by atoms with Crippen LogP contribution in [-0.2, 0) is 13.1 Å². The number of nitrogens with zero attached hydrogens (tertiary/aromatic N) is 3. The third kappa shape index (κ3) is 5.24. The quantitative estimate of drug-likeness (QED) is 0.385. The van der Waals surface area contributed by atoms with Crippen molar-refractivity contribution in [1.29, 1.82) is 0 Å². The first-order valence-electron chi connectivity index (χ1n) is 10.5. The Morgan fingerprint density at radius 3 is 2.52 bits per heavy atom. The molecule has 2 aromatic carbocycles. The van der Waals surface area contributed by atoms with Crippen LogP contribution in [0.4, 0.5) is 4.39 Å². The van der Waals surface area contributed by atoms with Crippen LogP contribution in [0.1, 0.15) is 23.4 Å². The van der Waals surface area contributed by atoms with Gasteiger partial charge in [0, 0.05) is 29.4 Å². The second-order valence-corrected chi connectivity index (χ2v) is 8.16. The van der Waals surface area contributed by atoms with Gasteiger partial charge in [-0.15, -0.1) is 12.4 Å². The molecule has 0 unspecified atom stereocenters. The molecule has 0 aliphatic heterocycles. The van der Waals surface area contributed by atoms with E-state index in [1.165, 1.54) is 28.4 Å². The molecule has 4 aromatic rings. The highest BCUT2D eigenvalue weighted by Crippen LogP contribution is 2.31. The van der Waals surface area contributed by atoms with Crippen LogP contribution in [0.5, 0.6) is 0 Å². The number of hydrogen-bond donors (Lipinski definition) is 1. The number of fused-ring (bicyclic) bond motifs is 3. The smallest absolute Gasteiger partial charge is 0.123 e. The molecule has 1 N–H and O–H groups in total. The number of pyridine rings is 1. The van der Waals surface area contributed by atoms with Crippen LogP contribution in [0, 0.1) is 12.7 Å². The normalized spacial score (nSPS) is 11.4. The SMILES string of the molecule is Cc1nc(CNCCCN(C)C)cc2c3ccccc3n(Cc3ccc(F)cc3)c12.Cl. The molecule has 4 rings (SSSR count). The fraction of sp³-hybridized carbons (Fsp3) is 0.320. The summed E-state index contributed by atoms with van der Waals surface area (Å²) in [4.78, 5) is 7.09. The summed E-state index contributed by atoms with van der Waals surface area (Å²) in [6, 6.07) is 17.4. The minimum Gasteiger partial charge on any atom is -0.334 e. The van der Waals surface area contributed by atoms with E-state index in [1.54, 1.807) is 0 Å². The fourth-order valence-electron chi connectivity index (χ4n) is 4.10. The summed E-state index contributed by atoms with van der Waals surface area (Å²) in [5, 5.41) is 5.98. The number of benzene rings is 2. The zero-order valence-corrected chi connectivity index (χ0v) is 19.2. The van der Waals surface area contributed by atoms with E-state index < -0.39 is 0 Å². The van der Waals surface area contributed by atoms with E-state index in [-0.39, 0.29) is 18.2 Å². The maximum atomic E-state index is 13.3. The van der Waals surface area contributed by atoms with Crippen molar-refractivity contribution in [3.63, 3.8) is 0 Å². The maximum Gasteiger partial charge on any atom is 0.123 e. The topological polar surface area (TPSA) is 33.1 Å². The molecule has 6 heteroatoms. The summed E-state index contributed by atoms with van der Waals surface area (Å²) in [5.74, 6) is -0.207. The van der Waals surface area contributed by atoms with Gasteiger partial charge < -0.3 is 14.8 Å². The minimum absolute atomic E-state index is 0. The molecular weight excluding hydrogens is 411 g/mol. The molecule has 0 spiro atoms. The monoisotopic (exact) mass is 440 g/mol. The molecule has 2 heterocycles. The van der Waals surface area contributed by atoms with Gasteiger partial charge in [-0.3, -0.25) is 4.98 Å². The van der Waals surface area contributed by atoms with Crippen LogP contribution in [-0.4, -0.2) is 41.6 Å². The lowest BCUT2D eigenvalue weighted by Gasteiger charge is -2.11. The Balaban J connectivity index is 0.00000272. The van der Waals surface area contributed by atoms with E-state index in [2.05, 4.69) is 66.1 Å². The van der Waals surface area contributed by atoms with E-state index >= 15 is 0 Å². The highest BCUT2D eigenvalue weighted by molar-refractivity contribution is 6.08. The zero-order valence-electron chi connectivity index (χ0n) is 18.4. The fourth-order valence-corrected chi connectivity index (χ4v) is 4.10. The second-order valence-electron chi connectivity index (χ2n) is 8.16. The van der Waals surface area contributed by atoms with Gasteiger partial charge in [-0.2, -0.15) is 0 Å². The summed E-state index contributed by atoms with van der Waals surface area (Å²) in [6.07, 6.45) is 1.12. The molecule has 0 amide bonds. The van der Waals surface area contributed by atoms with E-state index in [0.717, 1.165) is 48.5 Å². The van der Waals surface area contributed by atoms with Crippen LogP contribution in [0.25, 0.3) is 21.8 Å². The van der Waals surface area contributed by atoms with Gasteiger partial charge in [-0.25, -0.2) is 4.39 Å². The number of para-hydroxylation sites is 1. The number of halogens is 2. The standard InChI is InChI=1S/C25H29FN4.ClH/c1-18-25-23(15-21(28-18)16-27-13-6-14-29(2)3)22-7-4-5-8-24(22)30(25)17-19-9-11-20(26)12-10-19;/h4-5,7-12,15,27H,6,13-14,16-17H2,1-3H3;1H. The highest BCUT2D eigenvalue weighted by atomic mass is 35.5. The number of hydrogen-bond acceptors (Lipinski definition) is 3. The van der Waals surface area contributed by atoms with Crippen molar-refractivity contribution in [3.05, 3.63) is 77.4 Å². The van der Waals surface area contributed by atoms with E-state index in [4.69, 9.17) is 4.98 Å². The molecule has 0 radical (unpaired) electrons. The second kappa shape index (κ2) is 10.2. The molecule has 0 aliphatic rings. The molecule has 31 heavy (non-hydrogen) atoms. The zero-order chi connectivity index (χ0) is 21.1. The average Bonchev–Trinajstić information content (AvgIpc) is 3.03. The third-order valence-electron chi connectivity index (χ3n) is 5.49. The summed E-state index contributed by atoms with van der Waals surface area (Å²) in [5.41, 5.74) is 5.49. The summed E-state index contributed by atoms with van der Waals surface area (Å²) in [7, 11) is 4.20. The van der Waals surface area contributed by atoms with Gasteiger partial charge in [0.1, 0.15) is 5.82 Å². The Labute approximate surface area is 189 Å².